The molecule has 1 aliphatic heterocycles. The van der Waals surface area contributed by atoms with Crippen LogP contribution in [0.3, 0.4) is 0 Å². The first kappa shape index (κ1) is 15.5. The van der Waals surface area contributed by atoms with Crippen molar-refractivity contribution in [3.05, 3.63) is 28.2 Å². The number of methoxy groups -OCH3 is 1. The summed E-state index contributed by atoms with van der Waals surface area (Å²) in [4.78, 5) is 14.4. The highest BCUT2D eigenvalue weighted by molar-refractivity contribution is 9.10. The molecule has 5 heteroatoms. The number of hydrogen-bond acceptors (Lipinski definition) is 4. The molecule has 0 saturated carbocycles. The Bertz CT molecular complexity index is 492. The van der Waals surface area contributed by atoms with E-state index in [1.807, 2.05) is 13.1 Å². The predicted octanol–water partition coefficient (Wildman–Crippen LogP) is 2.75. The number of halogens is 1. The molecule has 0 N–H and O–H groups in total. The molecule has 1 saturated heterocycles. The van der Waals surface area contributed by atoms with Crippen LogP contribution in [0, 0.1) is 0 Å². The molecule has 0 bridgehead atoms. The van der Waals surface area contributed by atoms with Gasteiger partial charge in [0.1, 0.15) is 5.75 Å². The highest BCUT2D eigenvalue weighted by atomic mass is 79.9. The summed E-state index contributed by atoms with van der Waals surface area (Å²) in [5, 5.41) is 0. The van der Waals surface area contributed by atoms with Gasteiger partial charge >= 0.3 is 0 Å². The van der Waals surface area contributed by atoms with Gasteiger partial charge in [-0.25, -0.2) is 0 Å². The molecule has 110 valence electrons. The molecule has 0 spiro atoms. The quantitative estimate of drug-likeness (QED) is 0.772. The molecule has 1 aromatic carbocycles. The number of rotatable bonds is 5. The standard InChI is InChI=1S/C15H20BrNO3/c1-10-13(6-7-20-10)17(2)9-14(18)11-4-5-15(19-3)12(16)8-11/h4-5,8,10,13H,6-7,9H2,1-3H3. The largest absolute Gasteiger partial charge is 0.496 e. The van der Waals surface area contributed by atoms with E-state index in [1.54, 1.807) is 19.2 Å². The Hall–Kier alpha value is -0.910. The van der Waals surface area contributed by atoms with Crippen molar-refractivity contribution in [1.29, 1.82) is 0 Å². The van der Waals surface area contributed by atoms with Crippen LogP contribution in [0.4, 0.5) is 0 Å². The molecule has 1 aliphatic rings. The SMILES string of the molecule is COc1ccc(C(=O)CN(C)C2CCOC2C)cc1Br. The third kappa shape index (κ3) is 3.40. The Kier molecular flexibility index (Phi) is 5.18. The minimum Gasteiger partial charge on any atom is -0.496 e. The second-order valence-electron chi connectivity index (χ2n) is 5.12. The Morgan fingerprint density at radius 1 is 1.55 bits per heavy atom. The minimum atomic E-state index is 0.106. The molecule has 4 nitrogen and oxygen atoms in total. The van der Waals surface area contributed by atoms with E-state index >= 15 is 0 Å². The molecule has 1 heterocycles. The van der Waals surface area contributed by atoms with Gasteiger partial charge in [-0.15, -0.1) is 0 Å². The van der Waals surface area contributed by atoms with E-state index in [0.29, 0.717) is 18.2 Å². The summed E-state index contributed by atoms with van der Waals surface area (Å²) in [5.74, 6) is 0.836. The van der Waals surface area contributed by atoms with Gasteiger partial charge in [0.25, 0.3) is 0 Å². The molecule has 0 aliphatic carbocycles. The first-order valence-electron chi connectivity index (χ1n) is 6.71. The number of ketones is 1. The fraction of sp³-hybridized carbons (Fsp3) is 0.533. The number of ether oxygens (including phenoxy) is 2. The molecule has 1 fully saturated rings. The van der Waals surface area contributed by atoms with Gasteiger partial charge in [-0.2, -0.15) is 0 Å². The minimum absolute atomic E-state index is 0.106. The van der Waals surface area contributed by atoms with Gasteiger partial charge in [-0.3, -0.25) is 9.69 Å². The summed E-state index contributed by atoms with van der Waals surface area (Å²) in [5.41, 5.74) is 0.691. The molecule has 2 atom stereocenters. The Morgan fingerprint density at radius 2 is 2.30 bits per heavy atom. The van der Waals surface area contributed by atoms with E-state index in [2.05, 4.69) is 27.8 Å². The van der Waals surface area contributed by atoms with E-state index in [4.69, 9.17) is 9.47 Å². The summed E-state index contributed by atoms with van der Waals surface area (Å²) < 4.78 is 11.5. The first-order chi connectivity index (χ1) is 9.52. The Balaban J connectivity index is 2.02. The summed E-state index contributed by atoms with van der Waals surface area (Å²) in [6.45, 7) is 3.23. The molecular weight excluding hydrogens is 322 g/mol. The topological polar surface area (TPSA) is 38.8 Å². The number of hydrogen-bond donors (Lipinski definition) is 0. The van der Waals surface area contributed by atoms with Crippen molar-refractivity contribution in [3.63, 3.8) is 0 Å². The lowest BCUT2D eigenvalue weighted by atomic mass is 10.1. The van der Waals surface area contributed by atoms with Gasteiger partial charge < -0.3 is 9.47 Å². The summed E-state index contributed by atoms with van der Waals surface area (Å²) in [6.07, 6.45) is 1.17. The second kappa shape index (κ2) is 6.70. The number of carbonyl (C=O) groups is 1. The average Bonchev–Trinajstić information content (AvgIpc) is 2.84. The van der Waals surface area contributed by atoms with Gasteiger partial charge in [0.15, 0.2) is 5.78 Å². The van der Waals surface area contributed by atoms with Crippen molar-refractivity contribution in [3.8, 4) is 5.75 Å². The fourth-order valence-electron chi connectivity index (χ4n) is 2.57. The van der Waals surface area contributed by atoms with Gasteiger partial charge in [0.2, 0.25) is 0 Å². The number of carbonyl (C=O) groups excluding carboxylic acids is 1. The van der Waals surface area contributed by atoms with Gasteiger partial charge in [-0.1, -0.05) is 0 Å². The third-order valence-electron chi connectivity index (χ3n) is 3.77. The second-order valence-corrected chi connectivity index (χ2v) is 5.97. The van der Waals surface area contributed by atoms with Crippen LogP contribution in [-0.4, -0.2) is 50.1 Å². The normalized spacial score (nSPS) is 22.2. The molecule has 0 radical (unpaired) electrons. The zero-order valence-electron chi connectivity index (χ0n) is 12.1. The summed E-state index contributed by atoms with van der Waals surface area (Å²) in [7, 11) is 3.59. The lowest BCUT2D eigenvalue weighted by Crippen LogP contribution is -2.39. The van der Waals surface area contributed by atoms with Crippen molar-refractivity contribution in [1.82, 2.24) is 4.90 Å². The molecule has 1 aromatic rings. The molecular formula is C15H20BrNO3. The van der Waals surface area contributed by atoms with Crippen LogP contribution in [0.1, 0.15) is 23.7 Å². The average molecular weight is 342 g/mol. The predicted molar refractivity (Wildman–Crippen MR) is 81.5 cm³/mol. The van der Waals surface area contributed by atoms with E-state index < -0.39 is 0 Å². The van der Waals surface area contributed by atoms with E-state index in [0.717, 1.165) is 23.2 Å². The van der Waals surface area contributed by atoms with Gasteiger partial charge in [-0.05, 0) is 54.5 Å². The number of Topliss-reactive ketones (excluding diaryl/α,β-unsaturated/α-hetero) is 1. The van der Waals surface area contributed by atoms with Crippen LogP contribution in [0.2, 0.25) is 0 Å². The highest BCUT2D eigenvalue weighted by Crippen LogP contribution is 2.26. The fourth-order valence-corrected chi connectivity index (χ4v) is 3.11. The zero-order valence-corrected chi connectivity index (χ0v) is 13.6. The van der Waals surface area contributed by atoms with Crippen molar-refractivity contribution in [2.45, 2.75) is 25.5 Å². The Morgan fingerprint density at radius 3 is 2.85 bits per heavy atom. The molecule has 2 rings (SSSR count). The van der Waals surface area contributed by atoms with Crippen molar-refractivity contribution in [2.24, 2.45) is 0 Å². The van der Waals surface area contributed by atoms with Crippen LogP contribution in [0.5, 0.6) is 5.75 Å². The van der Waals surface area contributed by atoms with Crippen LogP contribution in [-0.2, 0) is 4.74 Å². The lowest BCUT2D eigenvalue weighted by molar-refractivity contribution is 0.0745. The van der Waals surface area contributed by atoms with Crippen LogP contribution in [0.15, 0.2) is 22.7 Å². The zero-order chi connectivity index (χ0) is 14.7. The van der Waals surface area contributed by atoms with Crippen molar-refractivity contribution in [2.75, 3.05) is 27.3 Å². The van der Waals surface area contributed by atoms with Crippen LogP contribution in [0.25, 0.3) is 0 Å². The number of nitrogens with zero attached hydrogens (tertiary/aromatic N) is 1. The molecule has 0 amide bonds. The van der Waals surface area contributed by atoms with Gasteiger partial charge in [0, 0.05) is 18.2 Å². The monoisotopic (exact) mass is 341 g/mol. The molecule has 0 aromatic heterocycles. The molecule has 20 heavy (non-hydrogen) atoms. The maximum absolute atomic E-state index is 12.3. The third-order valence-corrected chi connectivity index (χ3v) is 4.39. The Labute approximate surface area is 128 Å². The van der Waals surface area contributed by atoms with Crippen LogP contribution < -0.4 is 4.74 Å². The van der Waals surface area contributed by atoms with Crippen molar-refractivity contribution >= 4 is 21.7 Å². The summed E-state index contributed by atoms with van der Waals surface area (Å²) >= 11 is 3.41. The van der Waals surface area contributed by atoms with E-state index in [-0.39, 0.29) is 11.9 Å². The molecule has 2 unspecified atom stereocenters. The lowest BCUT2D eigenvalue weighted by Gasteiger charge is -2.25. The smallest absolute Gasteiger partial charge is 0.176 e. The summed E-state index contributed by atoms with van der Waals surface area (Å²) in [6, 6.07) is 5.73. The number of benzene rings is 1. The van der Waals surface area contributed by atoms with E-state index in [1.165, 1.54) is 0 Å². The maximum Gasteiger partial charge on any atom is 0.176 e. The van der Waals surface area contributed by atoms with Crippen LogP contribution >= 0.6 is 15.9 Å². The first-order valence-corrected chi connectivity index (χ1v) is 7.51. The van der Waals surface area contributed by atoms with Crippen molar-refractivity contribution < 1.29 is 14.3 Å². The number of likely N-dealkylation sites (N-methyl/N-ethyl adjacent to an activating group) is 1. The highest BCUT2D eigenvalue weighted by Gasteiger charge is 2.28. The van der Waals surface area contributed by atoms with E-state index in [9.17, 15) is 4.79 Å². The maximum atomic E-state index is 12.3. The van der Waals surface area contributed by atoms with Gasteiger partial charge in [0.05, 0.1) is 24.2 Å².